The smallest absolute Gasteiger partial charge is 0.223 e. The molecule has 102 valence electrons. The van der Waals surface area contributed by atoms with Crippen LogP contribution >= 0.6 is 0 Å². The number of hydrogen-bond acceptors (Lipinski definition) is 3. The second-order valence-electron chi connectivity index (χ2n) is 5.95. The Bertz CT molecular complexity index is 322. The van der Waals surface area contributed by atoms with Crippen LogP contribution in [0.2, 0.25) is 0 Å². The van der Waals surface area contributed by atoms with Crippen LogP contribution in [0.5, 0.6) is 0 Å². The lowest BCUT2D eigenvalue weighted by Crippen LogP contribution is -2.47. The maximum Gasteiger partial charge on any atom is 0.223 e. The first-order valence-corrected chi connectivity index (χ1v) is 6.77. The molecule has 0 bridgehead atoms. The molecular formula is C14H25N3O. The Morgan fingerprint density at radius 3 is 2.39 bits per heavy atom. The van der Waals surface area contributed by atoms with Gasteiger partial charge in [-0.15, -0.1) is 0 Å². The number of rotatable bonds is 4. The molecule has 0 aromatic heterocycles. The fourth-order valence-electron chi connectivity index (χ4n) is 2.47. The molecule has 0 unspecified atom stereocenters. The second-order valence-corrected chi connectivity index (χ2v) is 5.95. The molecule has 1 rings (SSSR count). The number of amides is 1. The molecule has 4 heteroatoms. The van der Waals surface area contributed by atoms with Crippen LogP contribution in [0.1, 0.15) is 39.5 Å². The lowest BCUT2D eigenvalue weighted by Gasteiger charge is -2.39. The van der Waals surface area contributed by atoms with Crippen molar-refractivity contribution in [1.82, 2.24) is 10.2 Å². The van der Waals surface area contributed by atoms with E-state index in [1.54, 1.807) is 0 Å². The van der Waals surface area contributed by atoms with E-state index in [9.17, 15) is 10.1 Å². The highest BCUT2D eigenvalue weighted by Crippen LogP contribution is 2.34. The summed E-state index contributed by atoms with van der Waals surface area (Å²) in [5.41, 5.74) is -0.366. The number of carbonyl (C=O) groups is 1. The summed E-state index contributed by atoms with van der Waals surface area (Å²) in [4.78, 5) is 14.0. The molecule has 0 atom stereocenters. The summed E-state index contributed by atoms with van der Waals surface area (Å²) in [5, 5.41) is 12.3. The van der Waals surface area contributed by atoms with Crippen molar-refractivity contribution in [1.29, 1.82) is 5.26 Å². The summed E-state index contributed by atoms with van der Waals surface area (Å²) in [6.07, 6.45) is 3.21. The minimum atomic E-state index is -0.366. The van der Waals surface area contributed by atoms with Crippen molar-refractivity contribution < 1.29 is 4.79 Å². The molecule has 1 aliphatic rings. The molecular weight excluding hydrogens is 226 g/mol. The maximum atomic E-state index is 12.0. The van der Waals surface area contributed by atoms with Gasteiger partial charge in [-0.25, -0.2) is 0 Å². The van der Waals surface area contributed by atoms with E-state index in [0.717, 1.165) is 32.2 Å². The fraction of sp³-hybridized carbons (Fsp3) is 0.857. The molecule has 1 fully saturated rings. The van der Waals surface area contributed by atoms with Crippen molar-refractivity contribution >= 4 is 5.91 Å². The number of hydrogen-bond donors (Lipinski definition) is 1. The van der Waals surface area contributed by atoms with Crippen molar-refractivity contribution in [2.45, 2.75) is 45.1 Å². The second kappa shape index (κ2) is 6.19. The molecule has 0 heterocycles. The molecule has 18 heavy (non-hydrogen) atoms. The Hall–Kier alpha value is -1.08. The third kappa shape index (κ3) is 3.46. The minimum absolute atomic E-state index is 0.0881. The molecule has 0 spiro atoms. The highest BCUT2D eigenvalue weighted by atomic mass is 16.1. The molecule has 1 saturated carbocycles. The lowest BCUT2D eigenvalue weighted by atomic mass is 9.76. The van der Waals surface area contributed by atoms with Gasteiger partial charge in [-0.3, -0.25) is 9.69 Å². The van der Waals surface area contributed by atoms with Crippen LogP contribution in [0.4, 0.5) is 0 Å². The van der Waals surface area contributed by atoms with Gasteiger partial charge in [0.1, 0.15) is 5.54 Å². The zero-order valence-corrected chi connectivity index (χ0v) is 12.0. The molecule has 0 radical (unpaired) electrons. The molecule has 0 aromatic rings. The van der Waals surface area contributed by atoms with Crippen LogP contribution in [-0.4, -0.2) is 37.0 Å². The van der Waals surface area contributed by atoms with Crippen LogP contribution in [-0.2, 0) is 4.79 Å². The average molecular weight is 251 g/mol. The van der Waals surface area contributed by atoms with Gasteiger partial charge in [0.2, 0.25) is 5.91 Å². The quantitative estimate of drug-likeness (QED) is 0.828. The Balaban J connectivity index is 2.49. The van der Waals surface area contributed by atoms with Crippen molar-refractivity contribution in [2.24, 2.45) is 11.8 Å². The van der Waals surface area contributed by atoms with Crippen molar-refractivity contribution in [3.63, 3.8) is 0 Å². The summed E-state index contributed by atoms with van der Waals surface area (Å²) in [7, 11) is 3.89. The Kier molecular flexibility index (Phi) is 5.15. The standard InChI is InChI=1S/C14H25N3O/c1-11(2)9-16-13(18)12-5-7-14(10-15,8-6-12)17(3)4/h11-12H,5-9H2,1-4H3,(H,16,18). The average Bonchev–Trinajstić information content (AvgIpc) is 2.35. The molecule has 0 aliphatic heterocycles. The third-order valence-electron chi connectivity index (χ3n) is 3.93. The maximum absolute atomic E-state index is 12.0. The van der Waals surface area contributed by atoms with Gasteiger partial charge in [-0.2, -0.15) is 5.26 Å². The van der Waals surface area contributed by atoms with E-state index >= 15 is 0 Å². The first-order chi connectivity index (χ1) is 8.41. The zero-order valence-electron chi connectivity index (χ0n) is 12.0. The monoisotopic (exact) mass is 251 g/mol. The summed E-state index contributed by atoms with van der Waals surface area (Å²) in [5.74, 6) is 0.733. The van der Waals surface area contributed by atoms with E-state index in [-0.39, 0.29) is 17.4 Å². The summed E-state index contributed by atoms with van der Waals surface area (Å²) in [6.45, 7) is 4.92. The van der Waals surface area contributed by atoms with E-state index in [1.165, 1.54) is 0 Å². The molecule has 1 amide bonds. The highest BCUT2D eigenvalue weighted by molar-refractivity contribution is 5.78. The van der Waals surface area contributed by atoms with Gasteiger partial charge in [0, 0.05) is 12.5 Å². The first-order valence-electron chi connectivity index (χ1n) is 6.77. The van der Waals surface area contributed by atoms with Crippen molar-refractivity contribution in [3.8, 4) is 6.07 Å². The van der Waals surface area contributed by atoms with Gasteiger partial charge < -0.3 is 5.32 Å². The topological polar surface area (TPSA) is 56.1 Å². The molecule has 0 aromatic carbocycles. The predicted octanol–water partition coefficient (Wildman–Crippen LogP) is 1.77. The van der Waals surface area contributed by atoms with Gasteiger partial charge in [-0.05, 0) is 45.7 Å². The van der Waals surface area contributed by atoms with E-state index in [2.05, 4.69) is 25.2 Å². The van der Waals surface area contributed by atoms with Crippen molar-refractivity contribution in [2.75, 3.05) is 20.6 Å². The largest absolute Gasteiger partial charge is 0.356 e. The predicted molar refractivity (Wildman–Crippen MR) is 71.8 cm³/mol. The number of nitriles is 1. The van der Waals surface area contributed by atoms with Crippen LogP contribution in [0.25, 0.3) is 0 Å². The summed E-state index contributed by atoms with van der Waals surface area (Å²) in [6, 6.07) is 2.42. The van der Waals surface area contributed by atoms with E-state index in [1.807, 2.05) is 19.0 Å². The van der Waals surface area contributed by atoms with Gasteiger partial charge in [0.25, 0.3) is 0 Å². The first kappa shape index (κ1) is 15.0. The lowest BCUT2D eigenvalue weighted by molar-refractivity contribution is -0.126. The van der Waals surface area contributed by atoms with Gasteiger partial charge >= 0.3 is 0 Å². The van der Waals surface area contributed by atoms with Gasteiger partial charge in [0.15, 0.2) is 0 Å². The van der Waals surface area contributed by atoms with Crippen LogP contribution in [0.3, 0.4) is 0 Å². The number of carbonyl (C=O) groups excluding carboxylic acids is 1. The highest BCUT2D eigenvalue weighted by Gasteiger charge is 2.39. The summed E-state index contributed by atoms with van der Waals surface area (Å²) >= 11 is 0. The molecule has 1 aliphatic carbocycles. The fourth-order valence-corrected chi connectivity index (χ4v) is 2.47. The molecule has 4 nitrogen and oxygen atoms in total. The summed E-state index contributed by atoms with van der Waals surface area (Å²) < 4.78 is 0. The number of nitrogens with one attached hydrogen (secondary N) is 1. The Morgan fingerprint density at radius 2 is 2.00 bits per heavy atom. The van der Waals surface area contributed by atoms with Crippen LogP contribution in [0.15, 0.2) is 0 Å². The van der Waals surface area contributed by atoms with Gasteiger partial charge in [0.05, 0.1) is 6.07 Å². The third-order valence-corrected chi connectivity index (χ3v) is 3.93. The number of nitrogens with zero attached hydrogens (tertiary/aromatic N) is 2. The Morgan fingerprint density at radius 1 is 1.44 bits per heavy atom. The SMILES string of the molecule is CC(C)CNC(=O)C1CCC(C#N)(N(C)C)CC1. The van der Waals surface area contributed by atoms with Crippen molar-refractivity contribution in [3.05, 3.63) is 0 Å². The van der Waals surface area contributed by atoms with E-state index < -0.39 is 0 Å². The molecule has 1 N–H and O–H groups in total. The van der Waals surface area contributed by atoms with Crippen LogP contribution < -0.4 is 5.32 Å². The zero-order chi connectivity index (χ0) is 13.8. The van der Waals surface area contributed by atoms with Crippen LogP contribution in [0, 0.1) is 23.2 Å². The minimum Gasteiger partial charge on any atom is -0.356 e. The molecule has 0 saturated heterocycles. The Labute approximate surface area is 110 Å². The normalized spacial score (nSPS) is 28.2. The van der Waals surface area contributed by atoms with Gasteiger partial charge in [-0.1, -0.05) is 13.8 Å². The van der Waals surface area contributed by atoms with E-state index in [4.69, 9.17) is 0 Å². The van der Waals surface area contributed by atoms with E-state index in [0.29, 0.717) is 5.92 Å².